The van der Waals surface area contributed by atoms with Crippen LogP contribution in [0.3, 0.4) is 0 Å². The summed E-state index contributed by atoms with van der Waals surface area (Å²) in [5.74, 6) is 0.985. The molecule has 3 atom stereocenters. The lowest BCUT2D eigenvalue weighted by atomic mass is 9.69. The average molecular weight is 276 g/mol. The Hall–Kier alpha value is -0.830. The molecule has 0 saturated heterocycles. The van der Waals surface area contributed by atoms with Crippen molar-refractivity contribution in [2.24, 2.45) is 11.8 Å². The highest BCUT2D eigenvalue weighted by atomic mass is 16.3. The maximum absolute atomic E-state index is 11.0. The molecule has 3 rings (SSSR count). The summed E-state index contributed by atoms with van der Waals surface area (Å²) >= 11 is 0. The highest BCUT2D eigenvalue weighted by molar-refractivity contribution is 5.07. The van der Waals surface area contributed by atoms with Crippen molar-refractivity contribution in [3.63, 3.8) is 0 Å². The third-order valence-electron chi connectivity index (χ3n) is 5.82. The van der Waals surface area contributed by atoms with Gasteiger partial charge in [-0.15, -0.1) is 0 Å². The monoisotopic (exact) mass is 276 g/mol. The predicted octanol–water partition coefficient (Wildman–Crippen LogP) is 3.73. The van der Waals surface area contributed by atoms with Gasteiger partial charge < -0.3 is 5.11 Å². The lowest BCUT2D eigenvalue weighted by Gasteiger charge is -2.41. The molecule has 2 saturated carbocycles. The minimum atomic E-state index is -0.549. The van der Waals surface area contributed by atoms with Gasteiger partial charge >= 0.3 is 0 Å². The molecule has 1 aromatic heterocycles. The van der Waals surface area contributed by atoms with Gasteiger partial charge in [0.2, 0.25) is 0 Å². The quantitative estimate of drug-likeness (QED) is 0.913. The molecule has 0 radical (unpaired) electrons. The van der Waals surface area contributed by atoms with E-state index in [1.54, 1.807) is 0 Å². The number of aromatic nitrogens is 2. The zero-order chi connectivity index (χ0) is 14.2. The molecule has 0 bridgehead atoms. The molecule has 20 heavy (non-hydrogen) atoms. The number of nitrogens with zero attached hydrogens (tertiary/aromatic N) is 2. The van der Waals surface area contributed by atoms with Crippen LogP contribution < -0.4 is 0 Å². The third-order valence-corrected chi connectivity index (χ3v) is 5.82. The van der Waals surface area contributed by atoms with E-state index >= 15 is 0 Å². The van der Waals surface area contributed by atoms with E-state index in [-0.39, 0.29) is 0 Å². The van der Waals surface area contributed by atoms with Crippen molar-refractivity contribution in [2.75, 3.05) is 0 Å². The fourth-order valence-electron chi connectivity index (χ4n) is 4.14. The molecular formula is C17H28N2O. The average Bonchev–Trinajstić information content (AvgIpc) is 3.06. The van der Waals surface area contributed by atoms with E-state index in [1.165, 1.54) is 32.1 Å². The number of rotatable bonds is 3. The van der Waals surface area contributed by atoms with Crippen LogP contribution in [0.5, 0.6) is 0 Å². The van der Waals surface area contributed by atoms with Crippen LogP contribution in [0, 0.1) is 11.8 Å². The molecule has 3 nitrogen and oxygen atoms in total. The second-order valence-electron chi connectivity index (χ2n) is 7.16. The minimum Gasteiger partial charge on any atom is -0.389 e. The smallest absolute Gasteiger partial charge is 0.0731 e. The van der Waals surface area contributed by atoms with E-state index in [0.717, 1.165) is 25.0 Å². The van der Waals surface area contributed by atoms with Gasteiger partial charge in [-0.1, -0.05) is 39.5 Å². The summed E-state index contributed by atoms with van der Waals surface area (Å²) in [5, 5.41) is 15.7. The number of hydrogen-bond acceptors (Lipinski definition) is 2. The molecule has 1 N–H and O–H groups in total. The Morgan fingerprint density at radius 2 is 2.00 bits per heavy atom. The molecule has 1 aromatic rings. The van der Waals surface area contributed by atoms with E-state index in [1.807, 2.05) is 0 Å². The Bertz CT molecular complexity index is 450. The first-order valence-corrected chi connectivity index (χ1v) is 8.35. The van der Waals surface area contributed by atoms with E-state index in [0.29, 0.717) is 17.9 Å². The first-order valence-electron chi connectivity index (χ1n) is 8.35. The normalized spacial score (nSPS) is 35.5. The van der Waals surface area contributed by atoms with Crippen LogP contribution in [-0.4, -0.2) is 20.5 Å². The van der Waals surface area contributed by atoms with Gasteiger partial charge in [-0.25, -0.2) is 0 Å². The minimum absolute atomic E-state index is 0.368. The first-order chi connectivity index (χ1) is 9.58. The summed E-state index contributed by atoms with van der Waals surface area (Å²) in [6.45, 7) is 4.48. The van der Waals surface area contributed by atoms with Gasteiger partial charge in [0, 0.05) is 12.6 Å². The van der Waals surface area contributed by atoms with E-state index in [2.05, 4.69) is 30.8 Å². The van der Waals surface area contributed by atoms with Gasteiger partial charge in [-0.3, -0.25) is 4.68 Å². The lowest BCUT2D eigenvalue weighted by molar-refractivity contribution is -0.0628. The molecule has 2 fully saturated rings. The topological polar surface area (TPSA) is 38.0 Å². The maximum Gasteiger partial charge on any atom is 0.0731 e. The largest absolute Gasteiger partial charge is 0.389 e. The summed E-state index contributed by atoms with van der Waals surface area (Å²) < 4.78 is 2.14. The van der Waals surface area contributed by atoms with Gasteiger partial charge in [-0.05, 0) is 37.2 Å². The summed E-state index contributed by atoms with van der Waals surface area (Å²) in [7, 11) is 0. The van der Waals surface area contributed by atoms with Crippen LogP contribution in [0.4, 0.5) is 0 Å². The Morgan fingerprint density at radius 1 is 1.25 bits per heavy atom. The molecule has 2 aliphatic carbocycles. The van der Waals surface area contributed by atoms with Gasteiger partial charge in [0.1, 0.15) is 0 Å². The molecule has 0 amide bonds. The van der Waals surface area contributed by atoms with Crippen LogP contribution in [0.2, 0.25) is 0 Å². The van der Waals surface area contributed by atoms with Gasteiger partial charge in [0.15, 0.2) is 0 Å². The summed E-state index contributed by atoms with van der Waals surface area (Å²) in [6, 6.07) is 2.71. The Balaban J connectivity index is 1.70. The van der Waals surface area contributed by atoms with Crippen LogP contribution in [-0.2, 0) is 6.42 Å². The second-order valence-corrected chi connectivity index (χ2v) is 7.16. The van der Waals surface area contributed by atoms with Gasteiger partial charge in [0.25, 0.3) is 0 Å². The van der Waals surface area contributed by atoms with Crippen LogP contribution >= 0.6 is 0 Å². The van der Waals surface area contributed by atoms with Gasteiger partial charge in [-0.2, -0.15) is 5.10 Å². The molecule has 3 heteroatoms. The highest BCUT2D eigenvalue weighted by Crippen LogP contribution is 2.39. The number of hydrogen-bond donors (Lipinski definition) is 1. The zero-order valence-electron chi connectivity index (χ0n) is 12.9. The molecule has 2 aliphatic rings. The van der Waals surface area contributed by atoms with Crippen LogP contribution in [0.25, 0.3) is 0 Å². The van der Waals surface area contributed by atoms with Crippen molar-refractivity contribution in [2.45, 2.75) is 76.9 Å². The Kier molecular flexibility index (Phi) is 3.89. The first kappa shape index (κ1) is 14.1. The van der Waals surface area contributed by atoms with Crippen molar-refractivity contribution in [3.8, 4) is 0 Å². The SMILES string of the molecule is CC1CCCC(O)(Cc2ccn(C3CCCC3)n2)C1C. The van der Waals surface area contributed by atoms with Crippen LogP contribution in [0.15, 0.2) is 12.3 Å². The fraction of sp³-hybridized carbons (Fsp3) is 0.824. The summed E-state index contributed by atoms with van der Waals surface area (Å²) in [5.41, 5.74) is 0.521. The molecule has 112 valence electrons. The van der Waals surface area contributed by atoms with E-state index < -0.39 is 5.60 Å². The van der Waals surface area contributed by atoms with E-state index in [9.17, 15) is 5.11 Å². The van der Waals surface area contributed by atoms with Crippen molar-refractivity contribution in [3.05, 3.63) is 18.0 Å². The fourth-order valence-corrected chi connectivity index (χ4v) is 4.14. The molecule has 0 aromatic carbocycles. The molecule has 0 aliphatic heterocycles. The van der Waals surface area contributed by atoms with Crippen molar-refractivity contribution in [1.82, 2.24) is 9.78 Å². The van der Waals surface area contributed by atoms with Gasteiger partial charge in [0.05, 0.1) is 17.3 Å². The Labute approximate surface area is 122 Å². The zero-order valence-corrected chi connectivity index (χ0v) is 12.9. The van der Waals surface area contributed by atoms with Crippen molar-refractivity contribution >= 4 is 0 Å². The standard InChI is InChI=1S/C17H28N2O/c1-13-6-5-10-17(20,14(13)2)12-15-9-11-19(18-15)16-7-3-4-8-16/h9,11,13-14,16,20H,3-8,10,12H2,1-2H3. The van der Waals surface area contributed by atoms with Crippen LogP contribution in [0.1, 0.15) is 70.5 Å². The molecule has 0 spiro atoms. The maximum atomic E-state index is 11.0. The number of aliphatic hydroxyl groups is 1. The van der Waals surface area contributed by atoms with Crippen molar-refractivity contribution in [1.29, 1.82) is 0 Å². The van der Waals surface area contributed by atoms with E-state index in [4.69, 9.17) is 5.10 Å². The second kappa shape index (κ2) is 5.51. The summed E-state index contributed by atoms with van der Waals surface area (Å²) in [4.78, 5) is 0. The summed E-state index contributed by atoms with van der Waals surface area (Å²) in [6.07, 6.45) is 11.3. The highest BCUT2D eigenvalue weighted by Gasteiger charge is 2.40. The molecular weight excluding hydrogens is 248 g/mol. The lowest BCUT2D eigenvalue weighted by Crippen LogP contribution is -2.44. The third kappa shape index (κ3) is 2.65. The predicted molar refractivity (Wildman–Crippen MR) is 80.6 cm³/mol. The molecule has 1 heterocycles. The van der Waals surface area contributed by atoms with Crippen molar-refractivity contribution < 1.29 is 5.11 Å². The molecule has 3 unspecified atom stereocenters. The Morgan fingerprint density at radius 3 is 2.75 bits per heavy atom.